The minimum atomic E-state index is -0.176. The van der Waals surface area contributed by atoms with Crippen molar-refractivity contribution in [1.29, 1.82) is 0 Å². The van der Waals surface area contributed by atoms with Gasteiger partial charge in [-0.1, -0.05) is 13.3 Å². The summed E-state index contributed by atoms with van der Waals surface area (Å²) in [7, 11) is 0. The molecular weight excluding hydrogens is 180 g/mol. The van der Waals surface area contributed by atoms with Crippen LogP contribution in [0.15, 0.2) is 0 Å². The van der Waals surface area contributed by atoms with Crippen LogP contribution in [0.3, 0.4) is 0 Å². The Labute approximate surface area is 84.8 Å². The van der Waals surface area contributed by atoms with E-state index in [9.17, 15) is 9.59 Å². The second-order valence-corrected chi connectivity index (χ2v) is 3.92. The van der Waals surface area contributed by atoms with Crippen LogP contribution in [0.4, 0.5) is 0 Å². The lowest BCUT2D eigenvalue weighted by atomic mass is 9.93. The van der Waals surface area contributed by atoms with Gasteiger partial charge in [0.1, 0.15) is 5.78 Å². The van der Waals surface area contributed by atoms with E-state index >= 15 is 0 Å². The molecule has 3 nitrogen and oxygen atoms in total. The van der Waals surface area contributed by atoms with Crippen molar-refractivity contribution >= 4 is 11.8 Å². The third-order valence-electron chi connectivity index (χ3n) is 2.79. The molecule has 1 rings (SSSR count). The lowest BCUT2D eigenvalue weighted by Gasteiger charge is -2.15. The molecule has 1 saturated carbocycles. The standard InChI is InChI=1S/C11H18O3/c1-3-7-14-11(13)10-6-4-5-9(10)8(2)12/h9-10H,3-7H2,1-2H3. The Balaban J connectivity index is 2.49. The maximum atomic E-state index is 11.5. The molecule has 1 aliphatic carbocycles. The molecular formula is C11H18O3. The van der Waals surface area contributed by atoms with Gasteiger partial charge in [-0.25, -0.2) is 0 Å². The van der Waals surface area contributed by atoms with Gasteiger partial charge in [0.05, 0.1) is 12.5 Å². The number of ketones is 1. The van der Waals surface area contributed by atoms with Gasteiger partial charge < -0.3 is 4.74 Å². The van der Waals surface area contributed by atoms with E-state index in [0.29, 0.717) is 6.61 Å². The Morgan fingerprint density at radius 1 is 1.29 bits per heavy atom. The molecule has 2 atom stereocenters. The van der Waals surface area contributed by atoms with E-state index in [2.05, 4.69) is 0 Å². The van der Waals surface area contributed by atoms with Crippen LogP contribution in [0.2, 0.25) is 0 Å². The third kappa shape index (κ3) is 2.56. The second kappa shape index (κ2) is 5.13. The predicted octanol–water partition coefficient (Wildman–Crippen LogP) is 1.94. The normalized spacial score (nSPS) is 26.1. The molecule has 80 valence electrons. The van der Waals surface area contributed by atoms with Crippen LogP contribution in [-0.4, -0.2) is 18.4 Å². The molecule has 1 aliphatic rings. The van der Waals surface area contributed by atoms with Crippen LogP contribution in [0.25, 0.3) is 0 Å². The fourth-order valence-electron chi connectivity index (χ4n) is 2.04. The van der Waals surface area contributed by atoms with Crippen molar-refractivity contribution in [3.8, 4) is 0 Å². The van der Waals surface area contributed by atoms with Crippen molar-refractivity contribution in [2.45, 2.75) is 39.5 Å². The van der Waals surface area contributed by atoms with Crippen LogP contribution in [0.1, 0.15) is 39.5 Å². The largest absolute Gasteiger partial charge is 0.465 e. The van der Waals surface area contributed by atoms with E-state index in [0.717, 1.165) is 25.7 Å². The zero-order chi connectivity index (χ0) is 10.6. The Hall–Kier alpha value is -0.860. The topological polar surface area (TPSA) is 43.4 Å². The van der Waals surface area contributed by atoms with Crippen molar-refractivity contribution in [3.05, 3.63) is 0 Å². The van der Waals surface area contributed by atoms with Crippen molar-refractivity contribution in [2.75, 3.05) is 6.61 Å². The first-order valence-electron chi connectivity index (χ1n) is 5.34. The van der Waals surface area contributed by atoms with Gasteiger partial charge in [-0.3, -0.25) is 9.59 Å². The second-order valence-electron chi connectivity index (χ2n) is 3.92. The fourth-order valence-corrected chi connectivity index (χ4v) is 2.04. The molecule has 2 unspecified atom stereocenters. The van der Waals surface area contributed by atoms with Crippen molar-refractivity contribution in [3.63, 3.8) is 0 Å². The minimum absolute atomic E-state index is 0.0839. The molecule has 0 aromatic heterocycles. The van der Waals surface area contributed by atoms with E-state index < -0.39 is 0 Å². The average Bonchev–Trinajstić information content (AvgIpc) is 2.62. The molecule has 0 amide bonds. The van der Waals surface area contributed by atoms with Gasteiger partial charge in [-0.2, -0.15) is 0 Å². The number of hydrogen-bond acceptors (Lipinski definition) is 3. The number of carbonyl (C=O) groups excluding carboxylic acids is 2. The SMILES string of the molecule is CCCOC(=O)C1CCCC1C(C)=O. The minimum Gasteiger partial charge on any atom is -0.465 e. The number of hydrogen-bond donors (Lipinski definition) is 0. The number of carbonyl (C=O) groups is 2. The summed E-state index contributed by atoms with van der Waals surface area (Å²) in [6.45, 7) is 4.00. The van der Waals surface area contributed by atoms with Gasteiger partial charge in [0.15, 0.2) is 0 Å². The van der Waals surface area contributed by atoms with E-state index in [1.165, 1.54) is 0 Å². The quantitative estimate of drug-likeness (QED) is 0.648. The first-order valence-corrected chi connectivity index (χ1v) is 5.34. The molecule has 14 heavy (non-hydrogen) atoms. The maximum absolute atomic E-state index is 11.5. The molecule has 0 heterocycles. The molecule has 0 spiro atoms. The van der Waals surface area contributed by atoms with Crippen LogP contribution in [-0.2, 0) is 14.3 Å². The van der Waals surface area contributed by atoms with Crippen LogP contribution in [0, 0.1) is 11.8 Å². The summed E-state index contributed by atoms with van der Waals surface area (Å²) in [6, 6.07) is 0. The van der Waals surface area contributed by atoms with Crippen molar-refractivity contribution in [1.82, 2.24) is 0 Å². The number of ether oxygens (including phenoxy) is 1. The summed E-state index contributed by atoms with van der Waals surface area (Å²) in [6.07, 6.45) is 3.47. The highest BCUT2D eigenvalue weighted by molar-refractivity contribution is 5.85. The summed E-state index contributed by atoms with van der Waals surface area (Å²) >= 11 is 0. The summed E-state index contributed by atoms with van der Waals surface area (Å²) in [5.74, 6) is -0.302. The monoisotopic (exact) mass is 198 g/mol. The lowest BCUT2D eigenvalue weighted by Crippen LogP contribution is -2.25. The molecule has 0 aromatic rings. The molecule has 0 N–H and O–H groups in total. The van der Waals surface area contributed by atoms with Gasteiger partial charge in [-0.15, -0.1) is 0 Å². The summed E-state index contributed by atoms with van der Waals surface area (Å²) in [5.41, 5.74) is 0. The molecule has 0 aliphatic heterocycles. The van der Waals surface area contributed by atoms with Crippen molar-refractivity contribution in [2.24, 2.45) is 11.8 Å². The van der Waals surface area contributed by atoms with Gasteiger partial charge in [0.2, 0.25) is 0 Å². The molecule has 3 heteroatoms. The Bertz CT molecular complexity index is 223. The zero-order valence-corrected chi connectivity index (χ0v) is 8.91. The predicted molar refractivity (Wildman–Crippen MR) is 52.8 cm³/mol. The summed E-state index contributed by atoms with van der Waals surface area (Å²) < 4.78 is 5.06. The number of rotatable bonds is 4. The highest BCUT2D eigenvalue weighted by Crippen LogP contribution is 2.33. The zero-order valence-electron chi connectivity index (χ0n) is 8.91. The molecule has 0 radical (unpaired) electrons. The smallest absolute Gasteiger partial charge is 0.309 e. The molecule has 0 bridgehead atoms. The van der Waals surface area contributed by atoms with Gasteiger partial charge >= 0.3 is 5.97 Å². The van der Waals surface area contributed by atoms with E-state index in [1.807, 2.05) is 6.92 Å². The number of esters is 1. The molecule has 1 fully saturated rings. The lowest BCUT2D eigenvalue weighted by molar-refractivity contribution is -0.151. The van der Waals surface area contributed by atoms with E-state index in [1.54, 1.807) is 6.92 Å². The highest BCUT2D eigenvalue weighted by atomic mass is 16.5. The van der Waals surface area contributed by atoms with Crippen LogP contribution >= 0.6 is 0 Å². The Morgan fingerprint density at radius 2 is 1.93 bits per heavy atom. The number of Topliss-reactive ketones (excluding diaryl/α,β-unsaturated/α-hetero) is 1. The maximum Gasteiger partial charge on any atom is 0.309 e. The van der Waals surface area contributed by atoms with Gasteiger partial charge in [-0.05, 0) is 26.2 Å². The Kier molecular flexibility index (Phi) is 4.11. The average molecular weight is 198 g/mol. The highest BCUT2D eigenvalue weighted by Gasteiger charge is 2.36. The summed E-state index contributed by atoms with van der Waals surface area (Å²) in [5, 5.41) is 0. The third-order valence-corrected chi connectivity index (χ3v) is 2.79. The fraction of sp³-hybridized carbons (Fsp3) is 0.818. The first kappa shape index (κ1) is 11.2. The van der Waals surface area contributed by atoms with E-state index in [4.69, 9.17) is 4.74 Å². The van der Waals surface area contributed by atoms with Gasteiger partial charge in [0, 0.05) is 5.92 Å². The van der Waals surface area contributed by atoms with Gasteiger partial charge in [0.25, 0.3) is 0 Å². The summed E-state index contributed by atoms with van der Waals surface area (Å²) in [4.78, 5) is 22.8. The first-order chi connectivity index (χ1) is 6.66. The van der Waals surface area contributed by atoms with Crippen LogP contribution in [0.5, 0.6) is 0 Å². The van der Waals surface area contributed by atoms with Crippen LogP contribution < -0.4 is 0 Å². The van der Waals surface area contributed by atoms with Crippen molar-refractivity contribution < 1.29 is 14.3 Å². The van der Waals surface area contributed by atoms with E-state index in [-0.39, 0.29) is 23.6 Å². The molecule has 0 saturated heterocycles. The molecule has 0 aromatic carbocycles. The Morgan fingerprint density at radius 3 is 2.50 bits per heavy atom.